The highest BCUT2D eigenvalue weighted by Crippen LogP contribution is 2.39. The molecule has 464 valence electrons. The van der Waals surface area contributed by atoms with Crippen LogP contribution in [0.2, 0.25) is 0 Å². The maximum absolute atomic E-state index is 13.1. The molecule has 3 amide bonds. The highest BCUT2D eigenvalue weighted by molar-refractivity contribution is 6.10. The zero-order chi connectivity index (χ0) is 63.9. The minimum atomic E-state index is -0.197. The second-order valence-electron chi connectivity index (χ2n) is 25.7. The van der Waals surface area contributed by atoms with E-state index in [1.165, 1.54) is 11.1 Å². The van der Waals surface area contributed by atoms with Crippen molar-refractivity contribution in [2.45, 2.75) is 204 Å². The van der Waals surface area contributed by atoms with E-state index in [2.05, 4.69) is 122 Å². The van der Waals surface area contributed by atoms with Gasteiger partial charge in [-0.2, -0.15) is 0 Å². The third-order valence-corrected chi connectivity index (χ3v) is 19.7. The van der Waals surface area contributed by atoms with Crippen LogP contribution in [0.5, 0.6) is 0 Å². The van der Waals surface area contributed by atoms with Crippen LogP contribution in [0, 0.1) is 72.5 Å². The fourth-order valence-electron chi connectivity index (χ4n) is 13.2. The Morgan fingerprint density at radius 2 is 0.795 bits per heavy atom. The summed E-state index contributed by atoms with van der Waals surface area (Å²) < 4.78 is 0. The molecule has 0 N–H and O–H groups in total. The number of pyridine rings is 3. The fourth-order valence-corrected chi connectivity index (χ4v) is 13.2. The van der Waals surface area contributed by atoms with Crippen LogP contribution in [0.4, 0.5) is 0 Å². The molecule has 6 aromatic rings. The summed E-state index contributed by atoms with van der Waals surface area (Å²) in [5.74, 6) is 11.0. The van der Waals surface area contributed by atoms with E-state index >= 15 is 0 Å². The van der Waals surface area contributed by atoms with Crippen molar-refractivity contribution in [1.82, 2.24) is 29.7 Å². The van der Waals surface area contributed by atoms with Gasteiger partial charge in [-0.1, -0.05) is 139 Å². The van der Waals surface area contributed by atoms with Gasteiger partial charge in [-0.15, -0.1) is 19.3 Å². The predicted molar refractivity (Wildman–Crippen MR) is 357 cm³/mol. The van der Waals surface area contributed by atoms with E-state index in [4.69, 9.17) is 19.3 Å². The molecule has 3 aliphatic heterocycles. The quantitative estimate of drug-likeness (QED) is 0.0723. The molecule has 3 saturated heterocycles. The third kappa shape index (κ3) is 14.4. The van der Waals surface area contributed by atoms with Crippen molar-refractivity contribution >= 4 is 67.8 Å². The number of nitrogens with zero attached hydrogens (tertiary/aromatic N) is 6. The average molecular weight is 1190 g/mol. The molecule has 12 atom stereocenters. The number of likely N-dealkylation sites (tertiary alicyclic amines) is 3. The number of aromatic nitrogens is 3. The number of Topliss-reactive ketones (excluding diaryl/α,β-unsaturated/α-hetero) is 3. The van der Waals surface area contributed by atoms with Gasteiger partial charge in [0.1, 0.15) is 0 Å². The Morgan fingerprint density at radius 1 is 0.420 bits per heavy atom. The molecular weight excluding hydrogens is 1090 g/mol. The second-order valence-corrected chi connectivity index (χ2v) is 25.7. The van der Waals surface area contributed by atoms with Crippen molar-refractivity contribution < 1.29 is 28.8 Å². The normalized spacial score (nSPS) is 23.8. The Morgan fingerprint density at radius 3 is 1.22 bits per heavy atom. The maximum Gasteiger partial charge on any atom is 0.224 e. The molecule has 12 nitrogen and oxygen atoms in total. The lowest BCUT2D eigenvalue weighted by atomic mass is 9.91. The van der Waals surface area contributed by atoms with E-state index in [0.29, 0.717) is 46.3 Å². The third-order valence-electron chi connectivity index (χ3n) is 19.7. The highest BCUT2D eigenvalue weighted by atomic mass is 16.2. The Kier molecular flexibility index (Phi) is 23.4. The number of hydrogen-bond acceptors (Lipinski definition) is 9. The molecule has 12 unspecified atom stereocenters. The van der Waals surface area contributed by atoms with Crippen molar-refractivity contribution in [3.63, 3.8) is 0 Å². The van der Waals surface area contributed by atoms with E-state index in [9.17, 15) is 28.8 Å². The standard InChI is InChI=1S/3C25H30N2O2.CH4/c1-7-23-17(5)16(4)18(6)27(23)25(29)11-10-24(28)20-12-13-26-22-9-8-19(15(2)3)14-21(20)22;1-7-23-17(5)16(4)18(6)27(23)25(29)11-10-24(28)21-12-13-26-22-14-19(15(2)3)8-9-20(21)22;1-7-22-17(5)16(4)18(6)27(22)24(29)12-11-23(28)20-13-14-26-21-10-8-9-19(15(2)3)25(20)21;/h2*1,8-9,12-18,23H,10-11H2,2-6H3;1,8-10,13-18,22H,11-12H2,2-6H3;1H4. The summed E-state index contributed by atoms with van der Waals surface area (Å²) in [5, 5.41) is 2.60. The molecule has 0 bridgehead atoms. The summed E-state index contributed by atoms with van der Waals surface area (Å²) >= 11 is 0. The van der Waals surface area contributed by atoms with Crippen LogP contribution in [-0.2, 0) is 14.4 Å². The van der Waals surface area contributed by atoms with Gasteiger partial charge in [0.05, 0.1) is 34.7 Å². The van der Waals surface area contributed by atoms with Gasteiger partial charge < -0.3 is 14.7 Å². The van der Waals surface area contributed by atoms with Gasteiger partial charge >= 0.3 is 0 Å². The molecule has 0 spiro atoms. The zero-order valence-electron chi connectivity index (χ0n) is 53.9. The van der Waals surface area contributed by atoms with E-state index < -0.39 is 0 Å². The van der Waals surface area contributed by atoms with Crippen LogP contribution < -0.4 is 0 Å². The van der Waals surface area contributed by atoms with Crippen molar-refractivity contribution in [1.29, 1.82) is 0 Å². The van der Waals surface area contributed by atoms with Gasteiger partial charge in [0.15, 0.2) is 17.3 Å². The number of carbonyl (C=O) groups is 6. The summed E-state index contributed by atoms with van der Waals surface area (Å²) in [4.78, 5) is 96.4. The molecule has 3 aliphatic rings. The number of rotatable bonds is 15. The lowest BCUT2D eigenvalue weighted by Gasteiger charge is -2.27. The first-order chi connectivity index (χ1) is 41.3. The summed E-state index contributed by atoms with van der Waals surface area (Å²) in [6, 6.07) is 23.0. The minimum Gasteiger partial charge on any atom is -0.326 e. The zero-order valence-corrected chi connectivity index (χ0v) is 53.9. The average Bonchev–Trinajstić information content (AvgIpc) is 1.97. The van der Waals surface area contributed by atoms with E-state index in [0.717, 1.165) is 38.3 Å². The van der Waals surface area contributed by atoms with Gasteiger partial charge in [-0.05, 0) is 133 Å². The first-order valence-corrected chi connectivity index (χ1v) is 31.4. The van der Waals surface area contributed by atoms with Crippen LogP contribution in [0.25, 0.3) is 32.7 Å². The number of hydrogen-bond donors (Lipinski definition) is 0. The van der Waals surface area contributed by atoms with Crippen LogP contribution in [0.1, 0.15) is 215 Å². The number of terminal acetylenes is 3. The summed E-state index contributed by atoms with van der Waals surface area (Å²) in [6.45, 7) is 31.5. The molecule has 3 aromatic carbocycles. The van der Waals surface area contributed by atoms with Crippen LogP contribution in [-0.4, -0.2) is 101 Å². The van der Waals surface area contributed by atoms with Crippen molar-refractivity contribution in [2.24, 2.45) is 35.5 Å². The smallest absolute Gasteiger partial charge is 0.224 e. The van der Waals surface area contributed by atoms with Gasteiger partial charge in [-0.25, -0.2) is 0 Å². The second kappa shape index (κ2) is 29.8. The number of amides is 3. The summed E-state index contributed by atoms with van der Waals surface area (Å²) in [7, 11) is 0. The number of benzene rings is 3. The predicted octanol–water partition coefficient (Wildman–Crippen LogP) is 15.1. The van der Waals surface area contributed by atoms with Crippen molar-refractivity contribution in [2.75, 3.05) is 0 Å². The van der Waals surface area contributed by atoms with Crippen LogP contribution in [0.3, 0.4) is 0 Å². The lowest BCUT2D eigenvalue weighted by molar-refractivity contribution is -0.134. The molecule has 0 aliphatic carbocycles. The van der Waals surface area contributed by atoms with E-state index in [1.807, 2.05) is 84.0 Å². The minimum absolute atomic E-state index is 0. The Labute approximate surface area is 524 Å². The Hall–Kier alpha value is -8.01. The molecule has 0 saturated carbocycles. The molecule has 88 heavy (non-hydrogen) atoms. The molecule has 3 fully saturated rings. The molecular formula is C76H94N6O6. The van der Waals surface area contributed by atoms with Crippen LogP contribution >= 0.6 is 0 Å². The monoisotopic (exact) mass is 1190 g/mol. The number of fused-ring (bicyclic) bond motifs is 3. The topological polar surface area (TPSA) is 151 Å². The maximum atomic E-state index is 13.1. The first-order valence-electron chi connectivity index (χ1n) is 31.4. The number of carbonyl (C=O) groups excluding carboxylic acids is 6. The number of ketones is 3. The van der Waals surface area contributed by atoms with Gasteiger partial charge in [-0.3, -0.25) is 43.7 Å². The van der Waals surface area contributed by atoms with Gasteiger partial charge in [0, 0.05) is 108 Å². The Bertz CT molecular complexity index is 3660. The van der Waals surface area contributed by atoms with Crippen molar-refractivity contribution in [3.8, 4) is 37.0 Å². The molecule has 3 aromatic heterocycles. The SMILES string of the molecule is C.C#CC1C(C)C(C)C(C)N1C(=O)CCC(=O)c1ccnc2cc(C(C)C)ccc12.C#CC1C(C)C(C)C(C)N1C(=O)CCC(=O)c1ccnc2ccc(C(C)C)cc12.C#CC1C(C)C(C)C(C)N1C(=O)CCC(=O)c1ccnc2cccc(C(C)C)c12. The summed E-state index contributed by atoms with van der Waals surface area (Å²) in [5.41, 5.74) is 7.81. The van der Waals surface area contributed by atoms with Gasteiger partial charge in [0.25, 0.3) is 0 Å². The van der Waals surface area contributed by atoms with Gasteiger partial charge in [0.2, 0.25) is 17.7 Å². The fraction of sp³-hybridized carbons (Fsp3) is 0.487. The van der Waals surface area contributed by atoms with E-state index in [1.54, 1.807) is 36.8 Å². The van der Waals surface area contributed by atoms with Crippen LogP contribution in [0.15, 0.2) is 91.4 Å². The summed E-state index contributed by atoms with van der Waals surface area (Å²) in [6.07, 6.45) is 23.2. The largest absolute Gasteiger partial charge is 0.326 e. The molecule has 9 rings (SSSR count). The highest BCUT2D eigenvalue weighted by Gasteiger charge is 2.46. The van der Waals surface area contributed by atoms with Crippen molar-refractivity contribution in [3.05, 3.63) is 125 Å². The molecule has 6 heterocycles. The molecule has 0 radical (unpaired) electrons. The Balaban J connectivity index is 0.000000209. The first kappa shape index (κ1) is 69.1. The van der Waals surface area contributed by atoms with E-state index in [-0.39, 0.29) is 141 Å². The molecule has 12 heteroatoms. The lowest BCUT2D eigenvalue weighted by Crippen LogP contribution is -2.41.